The predicted octanol–water partition coefficient (Wildman–Crippen LogP) is 0.615. The van der Waals surface area contributed by atoms with Gasteiger partial charge in [0.1, 0.15) is 5.82 Å². The summed E-state index contributed by atoms with van der Waals surface area (Å²) in [7, 11) is -3.10. The van der Waals surface area contributed by atoms with Gasteiger partial charge in [-0.2, -0.15) is 4.98 Å². The highest BCUT2D eigenvalue weighted by Gasteiger charge is 2.39. The molecule has 2 heterocycles. The summed E-state index contributed by atoms with van der Waals surface area (Å²) in [6.45, 7) is 1.74. The van der Waals surface area contributed by atoms with Gasteiger partial charge in [0, 0.05) is 17.2 Å². The van der Waals surface area contributed by atoms with E-state index >= 15 is 0 Å². The minimum atomic E-state index is -3.10. The van der Waals surface area contributed by atoms with Crippen LogP contribution in [0.25, 0.3) is 11.3 Å². The Hall–Kier alpha value is -2.68. The number of aromatic nitrogens is 2. The summed E-state index contributed by atoms with van der Waals surface area (Å²) in [6, 6.07) is 8.37. The molecule has 1 atom stereocenters. The second-order valence-corrected chi connectivity index (χ2v) is 8.66. The van der Waals surface area contributed by atoms with Gasteiger partial charge in [-0.05, 0) is 25.5 Å². The molecule has 3 rings (SSSR count). The average Bonchev–Trinajstić information content (AvgIpc) is 2.79. The zero-order valence-electron chi connectivity index (χ0n) is 13.7. The van der Waals surface area contributed by atoms with Crippen LogP contribution < -0.4 is 16.8 Å². The van der Waals surface area contributed by atoms with Gasteiger partial charge in [0.2, 0.25) is 5.95 Å². The van der Waals surface area contributed by atoms with E-state index in [0.717, 1.165) is 0 Å². The van der Waals surface area contributed by atoms with Crippen LogP contribution in [-0.4, -0.2) is 41.3 Å². The molecule has 0 aliphatic carbocycles. The van der Waals surface area contributed by atoms with Crippen molar-refractivity contribution in [2.45, 2.75) is 18.9 Å². The maximum atomic E-state index is 12.5. The fraction of sp³-hybridized carbons (Fsp3) is 0.312. The molecule has 132 valence electrons. The van der Waals surface area contributed by atoms with Gasteiger partial charge in [-0.15, -0.1) is 0 Å². The van der Waals surface area contributed by atoms with E-state index in [1.165, 1.54) is 0 Å². The first-order valence-corrected chi connectivity index (χ1v) is 9.51. The third kappa shape index (κ3) is 3.87. The molecule has 9 heteroatoms. The number of nitrogen functional groups attached to an aromatic ring is 2. The smallest absolute Gasteiger partial charge is 0.251 e. The number of carbonyl (C=O) groups is 1. The van der Waals surface area contributed by atoms with Gasteiger partial charge < -0.3 is 16.8 Å². The van der Waals surface area contributed by atoms with Crippen molar-refractivity contribution < 1.29 is 13.2 Å². The van der Waals surface area contributed by atoms with Crippen LogP contribution in [0.15, 0.2) is 30.3 Å². The number of nitrogens with one attached hydrogen (secondary N) is 1. The first-order valence-electron chi connectivity index (χ1n) is 7.69. The first-order chi connectivity index (χ1) is 11.7. The molecule has 2 aromatic rings. The maximum absolute atomic E-state index is 12.5. The van der Waals surface area contributed by atoms with Crippen LogP contribution >= 0.6 is 0 Å². The molecule has 1 aliphatic rings. The minimum Gasteiger partial charge on any atom is -0.384 e. The van der Waals surface area contributed by atoms with E-state index in [1.807, 2.05) is 0 Å². The monoisotopic (exact) mass is 361 g/mol. The summed E-state index contributed by atoms with van der Waals surface area (Å²) in [4.78, 5) is 20.5. The molecule has 0 unspecified atom stereocenters. The molecule has 8 nitrogen and oxygen atoms in total. The number of carbonyl (C=O) groups excluding carboxylic acids is 1. The van der Waals surface area contributed by atoms with Crippen molar-refractivity contribution in [2.75, 3.05) is 23.0 Å². The lowest BCUT2D eigenvalue weighted by molar-refractivity contribution is 0.0915. The Balaban J connectivity index is 1.85. The van der Waals surface area contributed by atoms with Gasteiger partial charge in [-0.25, -0.2) is 13.4 Å². The van der Waals surface area contributed by atoms with E-state index in [2.05, 4.69) is 15.3 Å². The van der Waals surface area contributed by atoms with Gasteiger partial charge in [0.25, 0.3) is 5.91 Å². The Morgan fingerprint density at radius 3 is 2.64 bits per heavy atom. The molecule has 0 saturated carbocycles. The zero-order valence-corrected chi connectivity index (χ0v) is 14.5. The molecule has 0 radical (unpaired) electrons. The summed E-state index contributed by atoms with van der Waals surface area (Å²) in [6.07, 6.45) is 0.403. The van der Waals surface area contributed by atoms with Crippen molar-refractivity contribution >= 4 is 27.5 Å². The van der Waals surface area contributed by atoms with Crippen LogP contribution in [0.1, 0.15) is 23.7 Å². The van der Waals surface area contributed by atoms with E-state index < -0.39 is 15.4 Å². The maximum Gasteiger partial charge on any atom is 0.251 e. The van der Waals surface area contributed by atoms with Gasteiger partial charge in [-0.1, -0.05) is 12.1 Å². The molecule has 1 amide bonds. The molecule has 1 fully saturated rings. The number of hydrogen-bond acceptors (Lipinski definition) is 7. The normalized spacial score (nSPS) is 21.8. The molecule has 0 spiro atoms. The topological polar surface area (TPSA) is 141 Å². The number of nitrogens with two attached hydrogens (primary N) is 2. The van der Waals surface area contributed by atoms with Crippen LogP contribution in [0.2, 0.25) is 0 Å². The van der Waals surface area contributed by atoms with E-state index in [9.17, 15) is 13.2 Å². The Bertz CT molecular complexity index is 924. The van der Waals surface area contributed by atoms with Crippen LogP contribution in [0, 0.1) is 0 Å². The Morgan fingerprint density at radius 1 is 1.24 bits per heavy atom. The lowest BCUT2D eigenvalue weighted by Crippen LogP contribution is -2.46. The number of benzene rings is 1. The summed E-state index contributed by atoms with van der Waals surface area (Å²) < 4.78 is 23.4. The molecule has 0 bridgehead atoms. The molecule has 1 aromatic carbocycles. The van der Waals surface area contributed by atoms with E-state index in [1.54, 1.807) is 37.3 Å². The van der Waals surface area contributed by atoms with Gasteiger partial charge >= 0.3 is 0 Å². The van der Waals surface area contributed by atoms with Crippen molar-refractivity contribution in [3.8, 4) is 11.3 Å². The largest absolute Gasteiger partial charge is 0.384 e. The second-order valence-electron chi connectivity index (χ2n) is 6.47. The third-order valence-electron chi connectivity index (χ3n) is 4.10. The highest BCUT2D eigenvalue weighted by Crippen LogP contribution is 2.24. The van der Waals surface area contributed by atoms with Crippen molar-refractivity contribution in [1.82, 2.24) is 15.3 Å². The lowest BCUT2D eigenvalue weighted by Gasteiger charge is -2.24. The summed E-state index contributed by atoms with van der Waals surface area (Å²) >= 11 is 0. The highest BCUT2D eigenvalue weighted by atomic mass is 32.2. The Kier molecular flexibility index (Phi) is 4.11. The fourth-order valence-corrected chi connectivity index (χ4v) is 5.00. The van der Waals surface area contributed by atoms with Crippen molar-refractivity contribution in [1.29, 1.82) is 0 Å². The predicted molar refractivity (Wildman–Crippen MR) is 95.4 cm³/mol. The lowest BCUT2D eigenvalue weighted by atomic mass is 10.0. The number of hydrogen-bond donors (Lipinski definition) is 3. The molecule has 25 heavy (non-hydrogen) atoms. The van der Waals surface area contributed by atoms with Crippen LogP contribution in [0.3, 0.4) is 0 Å². The fourth-order valence-electron chi connectivity index (χ4n) is 2.91. The zero-order chi connectivity index (χ0) is 18.2. The first kappa shape index (κ1) is 17.2. The quantitative estimate of drug-likeness (QED) is 0.727. The summed E-state index contributed by atoms with van der Waals surface area (Å²) in [5.74, 6) is -0.0146. The number of sulfone groups is 1. The van der Waals surface area contributed by atoms with Crippen LogP contribution in [-0.2, 0) is 9.84 Å². The van der Waals surface area contributed by atoms with Gasteiger partial charge in [0.15, 0.2) is 9.84 Å². The van der Waals surface area contributed by atoms with Crippen molar-refractivity contribution in [2.24, 2.45) is 0 Å². The van der Waals surface area contributed by atoms with Crippen LogP contribution in [0.4, 0.5) is 11.8 Å². The number of nitrogens with zero attached hydrogens (tertiary/aromatic N) is 2. The van der Waals surface area contributed by atoms with Gasteiger partial charge in [0.05, 0.1) is 22.7 Å². The molecular weight excluding hydrogens is 342 g/mol. The average molecular weight is 361 g/mol. The standard InChI is InChI=1S/C16H19N5O3S/c1-16(5-6-25(23,24)9-16)21-14(22)11-4-2-3-10(7-11)12-8-13(17)20-15(18)19-12/h2-4,7-8H,5-6,9H2,1H3,(H,21,22)(H4,17,18,19,20)/t16-/m0/s1. The molecular formula is C16H19N5O3S. The van der Waals surface area contributed by atoms with Crippen molar-refractivity contribution in [3.63, 3.8) is 0 Å². The number of anilines is 2. The number of rotatable bonds is 3. The van der Waals surface area contributed by atoms with Crippen molar-refractivity contribution in [3.05, 3.63) is 35.9 Å². The highest BCUT2D eigenvalue weighted by molar-refractivity contribution is 7.91. The van der Waals surface area contributed by atoms with Crippen LogP contribution in [0.5, 0.6) is 0 Å². The third-order valence-corrected chi connectivity index (χ3v) is 6.01. The second kappa shape index (κ2) is 5.99. The minimum absolute atomic E-state index is 0.0496. The summed E-state index contributed by atoms with van der Waals surface area (Å²) in [5.41, 5.74) is 12.1. The Labute approximate surface area is 145 Å². The summed E-state index contributed by atoms with van der Waals surface area (Å²) in [5, 5.41) is 2.83. The SMILES string of the molecule is C[C@]1(NC(=O)c2cccc(-c3cc(N)nc(N)n3)c2)CCS(=O)(=O)C1. The van der Waals surface area contributed by atoms with Gasteiger partial charge in [-0.3, -0.25) is 4.79 Å². The molecule has 1 aromatic heterocycles. The van der Waals surface area contributed by atoms with E-state index in [4.69, 9.17) is 11.5 Å². The molecule has 1 aliphatic heterocycles. The number of amides is 1. The van der Waals surface area contributed by atoms with E-state index in [0.29, 0.717) is 23.2 Å². The van der Waals surface area contributed by atoms with E-state index in [-0.39, 0.29) is 29.2 Å². The Morgan fingerprint density at radius 2 is 2.00 bits per heavy atom. The molecule has 1 saturated heterocycles. The molecule has 5 N–H and O–H groups in total.